The number of methoxy groups -OCH3 is 2. The summed E-state index contributed by atoms with van der Waals surface area (Å²) < 4.78 is 10.3. The number of rotatable bonds is 6. The molecule has 0 saturated heterocycles. The quantitative estimate of drug-likeness (QED) is 0.864. The monoisotopic (exact) mass is 258 g/mol. The Morgan fingerprint density at radius 2 is 1.79 bits per heavy atom. The maximum atomic E-state index is 5.20. The van der Waals surface area contributed by atoms with E-state index in [0.29, 0.717) is 5.88 Å². The highest BCUT2D eigenvalue weighted by atomic mass is 16.5. The number of hydrogen-bond donors (Lipinski definition) is 1. The van der Waals surface area contributed by atoms with Crippen LogP contribution in [0.1, 0.15) is 11.1 Å². The minimum atomic E-state index is 0.640. The van der Waals surface area contributed by atoms with Crippen molar-refractivity contribution < 1.29 is 9.47 Å². The van der Waals surface area contributed by atoms with Crippen molar-refractivity contribution in [2.45, 2.75) is 13.1 Å². The maximum absolute atomic E-state index is 5.20. The first-order valence-corrected chi connectivity index (χ1v) is 6.14. The van der Waals surface area contributed by atoms with E-state index < -0.39 is 0 Å². The van der Waals surface area contributed by atoms with Gasteiger partial charge in [-0.2, -0.15) is 0 Å². The first-order chi connectivity index (χ1) is 9.31. The van der Waals surface area contributed by atoms with E-state index in [2.05, 4.69) is 16.4 Å². The van der Waals surface area contributed by atoms with Gasteiger partial charge >= 0.3 is 0 Å². The molecule has 2 aromatic rings. The fourth-order valence-corrected chi connectivity index (χ4v) is 1.81. The molecule has 0 spiro atoms. The van der Waals surface area contributed by atoms with Crippen LogP contribution in [0.15, 0.2) is 42.6 Å². The van der Waals surface area contributed by atoms with E-state index in [1.165, 1.54) is 5.56 Å². The lowest BCUT2D eigenvalue weighted by molar-refractivity contribution is 0.397. The topological polar surface area (TPSA) is 43.4 Å². The van der Waals surface area contributed by atoms with Crippen molar-refractivity contribution in [2.75, 3.05) is 14.2 Å². The molecule has 1 aromatic heterocycles. The number of benzene rings is 1. The average Bonchev–Trinajstić information content (AvgIpc) is 2.48. The lowest BCUT2D eigenvalue weighted by atomic mass is 10.2. The van der Waals surface area contributed by atoms with Gasteiger partial charge in [0.2, 0.25) is 5.88 Å². The van der Waals surface area contributed by atoms with Crippen LogP contribution in [0.3, 0.4) is 0 Å². The van der Waals surface area contributed by atoms with Crippen molar-refractivity contribution >= 4 is 0 Å². The maximum Gasteiger partial charge on any atom is 0.213 e. The standard InChI is InChI=1S/C15H18N2O2/c1-18-14-5-3-4-12(8-14)10-16-11-13-6-7-17-15(9-13)19-2/h3-9,16H,10-11H2,1-2H3. The summed E-state index contributed by atoms with van der Waals surface area (Å²) in [5.41, 5.74) is 2.34. The van der Waals surface area contributed by atoms with Crippen molar-refractivity contribution in [2.24, 2.45) is 0 Å². The van der Waals surface area contributed by atoms with Crippen LogP contribution in [0.4, 0.5) is 0 Å². The minimum absolute atomic E-state index is 0.640. The van der Waals surface area contributed by atoms with E-state index in [4.69, 9.17) is 9.47 Å². The summed E-state index contributed by atoms with van der Waals surface area (Å²) in [7, 11) is 3.30. The zero-order valence-electron chi connectivity index (χ0n) is 11.2. The molecule has 0 atom stereocenters. The van der Waals surface area contributed by atoms with Gasteiger partial charge in [0.15, 0.2) is 0 Å². The third-order valence-electron chi connectivity index (χ3n) is 2.80. The first-order valence-electron chi connectivity index (χ1n) is 6.14. The summed E-state index contributed by atoms with van der Waals surface area (Å²) >= 11 is 0. The molecule has 0 aliphatic rings. The number of ether oxygens (including phenoxy) is 2. The molecule has 0 aliphatic carbocycles. The Labute approximate surface area is 113 Å². The Morgan fingerprint density at radius 3 is 2.53 bits per heavy atom. The Hall–Kier alpha value is -2.07. The zero-order chi connectivity index (χ0) is 13.5. The Morgan fingerprint density at radius 1 is 1.00 bits per heavy atom. The van der Waals surface area contributed by atoms with E-state index in [1.807, 2.05) is 30.3 Å². The molecule has 0 fully saturated rings. The lowest BCUT2D eigenvalue weighted by Crippen LogP contribution is -2.12. The second kappa shape index (κ2) is 6.75. The number of nitrogens with zero attached hydrogens (tertiary/aromatic N) is 1. The second-order valence-electron chi connectivity index (χ2n) is 4.16. The summed E-state index contributed by atoms with van der Waals surface area (Å²) in [6.45, 7) is 1.57. The van der Waals surface area contributed by atoms with E-state index in [0.717, 1.165) is 24.4 Å². The molecule has 1 aromatic carbocycles. The molecule has 19 heavy (non-hydrogen) atoms. The normalized spacial score (nSPS) is 10.2. The van der Waals surface area contributed by atoms with Gasteiger partial charge in [-0.3, -0.25) is 0 Å². The highest BCUT2D eigenvalue weighted by Crippen LogP contribution is 2.13. The molecule has 4 nitrogen and oxygen atoms in total. The van der Waals surface area contributed by atoms with Crippen molar-refractivity contribution in [1.29, 1.82) is 0 Å². The van der Waals surface area contributed by atoms with Gasteiger partial charge in [0.1, 0.15) is 5.75 Å². The van der Waals surface area contributed by atoms with Crippen LogP contribution in [-0.2, 0) is 13.1 Å². The average molecular weight is 258 g/mol. The van der Waals surface area contributed by atoms with Crippen LogP contribution in [0.5, 0.6) is 11.6 Å². The largest absolute Gasteiger partial charge is 0.497 e. The van der Waals surface area contributed by atoms with Gasteiger partial charge < -0.3 is 14.8 Å². The summed E-state index contributed by atoms with van der Waals surface area (Å²) in [4.78, 5) is 4.08. The summed E-state index contributed by atoms with van der Waals surface area (Å²) in [5, 5.41) is 3.38. The van der Waals surface area contributed by atoms with Crippen molar-refractivity contribution in [3.63, 3.8) is 0 Å². The molecule has 0 unspecified atom stereocenters. The number of hydrogen-bond acceptors (Lipinski definition) is 4. The first kappa shape index (κ1) is 13.4. The SMILES string of the molecule is COc1cccc(CNCc2ccnc(OC)c2)c1. The van der Waals surface area contributed by atoms with E-state index in [9.17, 15) is 0 Å². The summed E-state index contributed by atoms with van der Waals surface area (Å²) in [6.07, 6.45) is 1.75. The van der Waals surface area contributed by atoms with Gasteiger partial charge in [-0.15, -0.1) is 0 Å². The number of pyridine rings is 1. The Kier molecular flexibility index (Phi) is 4.75. The van der Waals surface area contributed by atoms with Crippen LogP contribution in [0.25, 0.3) is 0 Å². The molecule has 1 N–H and O–H groups in total. The van der Waals surface area contributed by atoms with Gasteiger partial charge in [0.25, 0.3) is 0 Å². The third-order valence-corrected chi connectivity index (χ3v) is 2.80. The molecule has 2 rings (SSSR count). The molecule has 0 amide bonds. The smallest absolute Gasteiger partial charge is 0.213 e. The van der Waals surface area contributed by atoms with Crippen LogP contribution in [0, 0.1) is 0 Å². The lowest BCUT2D eigenvalue weighted by Gasteiger charge is -2.07. The third kappa shape index (κ3) is 3.96. The molecule has 0 bridgehead atoms. The van der Waals surface area contributed by atoms with Crippen LogP contribution in [0.2, 0.25) is 0 Å². The molecular weight excluding hydrogens is 240 g/mol. The highest BCUT2D eigenvalue weighted by Gasteiger charge is 1.98. The van der Waals surface area contributed by atoms with Crippen LogP contribution in [-0.4, -0.2) is 19.2 Å². The predicted molar refractivity (Wildman–Crippen MR) is 74.3 cm³/mol. The van der Waals surface area contributed by atoms with Gasteiger partial charge in [-0.05, 0) is 29.3 Å². The van der Waals surface area contributed by atoms with Gasteiger partial charge in [-0.25, -0.2) is 4.98 Å². The Balaban J connectivity index is 1.88. The number of aromatic nitrogens is 1. The van der Waals surface area contributed by atoms with E-state index in [1.54, 1.807) is 20.4 Å². The highest BCUT2D eigenvalue weighted by molar-refractivity contribution is 5.28. The Bertz CT molecular complexity index is 482. The summed E-state index contributed by atoms with van der Waals surface area (Å²) in [6, 6.07) is 11.9. The van der Waals surface area contributed by atoms with E-state index >= 15 is 0 Å². The molecule has 0 radical (unpaired) electrons. The summed E-state index contributed by atoms with van der Waals surface area (Å²) in [5.74, 6) is 1.52. The second-order valence-corrected chi connectivity index (χ2v) is 4.16. The molecule has 0 saturated carbocycles. The van der Waals surface area contributed by atoms with Crippen molar-refractivity contribution in [1.82, 2.24) is 10.3 Å². The van der Waals surface area contributed by atoms with Crippen LogP contribution < -0.4 is 14.8 Å². The predicted octanol–water partition coefficient (Wildman–Crippen LogP) is 2.39. The molecule has 1 heterocycles. The minimum Gasteiger partial charge on any atom is -0.497 e. The number of nitrogens with one attached hydrogen (secondary N) is 1. The molecule has 0 aliphatic heterocycles. The van der Waals surface area contributed by atoms with E-state index in [-0.39, 0.29) is 0 Å². The molecule has 4 heteroatoms. The molecule has 100 valence electrons. The van der Waals surface area contributed by atoms with Gasteiger partial charge in [0.05, 0.1) is 14.2 Å². The zero-order valence-corrected chi connectivity index (χ0v) is 11.2. The fourth-order valence-electron chi connectivity index (χ4n) is 1.81. The fraction of sp³-hybridized carbons (Fsp3) is 0.267. The van der Waals surface area contributed by atoms with Gasteiger partial charge in [-0.1, -0.05) is 12.1 Å². The van der Waals surface area contributed by atoms with Gasteiger partial charge in [0, 0.05) is 25.4 Å². The van der Waals surface area contributed by atoms with Crippen LogP contribution >= 0.6 is 0 Å². The van der Waals surface area contributed by atoms with Crippen molar-refractivity contribution in [3.05, 3.63) is 53.7 Å². The van der Waals surface area contributed by atoms with Crippen molar-refractivity contribution in [3.8, 4) is 11.6 Å². The molecular formula is C15H18N2O2.